The lowest BCUT2D eigenvalue weighted by molar-refractivity contribution is 0.268. The second-order valence-electron chi connectivity index (χ2n) is 15.2. The highest BCUT2D eigenvalue weighted by molar-refractivity contribution is 6.82. The number of benzene rings is 2. The van der Waals surface area contributed by atoms with Crippen LogP contribution in [0.3, 0.4) is 0 Å². The average Bonchev–Trinajstić information content (AvgIpc) is 3.70. The predicted molar refractivity (Wildman–Crippen MR) is 212 cm³/mol. The van der Waals surface area contributed by atoms with E-state index in [0.717, 1.165) is 44.3 Å². The number of rotatable bonds is 5. The molecule has 2 nitrogen and oxygen atoms in total. The van der Waals surface area contributed by atoms with Crippen molar-refractivity contribution in [1.29, 1.82) is 0 Å². The van der Waals surface area contributed by atoms with Gasteiger partial charge in [-0.1, -0.05) is 127 Å². The van der Waals surface area contributed by atoms with Crippen LogP contribution in [0, 0.1) is 5.92 Å². The first kappa shape index (κ1) is 30.2. The number of para-hydroxylation sites is 1. The third-order valence-corrected chi connectivity index (χ3v) is 15.5. The van der Waals surface area contributed by atoms with Crippen LogP contribution >= 0.6 is 0 Å². The van der Waals surface area contributed by atoms with E-state index in [9.17, 15) is 0 Å². The standard InChI is InChI=1S/C47H45NOSi/c1-50-44-28-27-40-39-16-8-10-18-43(39)49-47(40)46(44)41-26-25-37(30-45(41)50)48(42-17-9-7-15-38(42)33-12-3-2-4-13-33)36-23-21-32(22-24-36)35-20-19-31-11-5-6-14-34(31)29-35/h2-3,5,7-12,15-18,20-21,23,25-29,31,37,39,43,50H,4,6,13-14,19,22,24,30H2,1H3. The van der Waals surface area contributed by atoms with E-state index < -0.39 is 8.80 Å². The largest absolute Gasteiger partial charge is 0.484 e. The number of ether oxygens (including phenoxy) is 1. The number of hydrogen-bond acceptors (Lipinski definition) is 2. The fraction of sp³-hybridized carbons (Fsp3) is 0.277. The monoisotopic (exact) mass is 667 g/mol. The molecular weight excluding hydrogens is 623 g/mol. The van der Waals surface area contributed by atoms with Gasteiger partial charge in [0, 0.05) is 39.9 Å². The van der Waals surface area contributed by atoms with E-state index in [4.69, 9.17) is 4.74 Å². The SMILES string of the molecule is C[SiH]1C2=C(C=CC(N(C3=CC=C(C4=CCC5C=CCCC5=C4)CC3)c3ccccc3C3=CC=CCC3)C2)c2c1ccc1c2OC2C=CC=CC12. The summed E-state index contributed by atoms with van der Waals surface area (Å²) in [5, 5.41) is 3.25. The van der Waals surface area contributed by atoms with Gasteiger partial charge in [-0.3, -0.25) is 0 Å². The third-order valence-electron chi connectivity index (χ3n) is 12.5. The molecule has 0 saturated carbocycles. The highest BCUT2D eigenvalue weighted by Crippen LogP contribution is 2.49. The van der Waals surface area contributed by atoms with Gasteiger partial charge in [-0.2, -0.15) is 0 Å². The minimum atomic E-state index is -1.35. The Morgan fingerprint density at radius 3 is 2.64 bits per heavy atom. The van der Waals surface area contributed by atoms with Gasteiger partial charge in [-0.25, -0.2) is 0 Å². The molecule has 0 fully saturated rings. The number of allylic oxidation sites excluding steroid dienone is 18. The zero-order valence-electron chi connectivity index (χ0n) is 29.0. The van der Waals surface area contributed by atoms with Crippen LogP contribution in [0.25, 0.3) is 11.1 Å². The molecule has 2 heterocycles. The van der Waals surface area contributed by atoms with Gasteiger partial charge in [0.25, 0.3) is 0 Å². The lowest BCUT2D eigenvalue weighted by Crippen LogP contribution is -2.38. The summed E-state index contributed by atoms with van der Waals surface area (Å²) in [5.74, 6) is 2.10. The highest BCUT2D eigenvalue weighted by Gasteiger charge is 2.41. The van der Waals surface area contributed by atoms with Crippen molar-refractivity contribution in [2.45, 2.75) is 76.0 Å². The second kappa shape index (κ2) is 12.3. The summed E-state index contributed by atoms with van der Waals surface area (Å²) in [6, 6.07) is 14.3. The zero-order chi connectivity index (χ0) is 33.2. The molecule has 2 aliphatic heterocycles. The first-order chi connectivity index (χ1) is 24.7. The van der Waals surface area contributed by atoms with E-state index in [1.807, 2.05) is 0 Å². The molecule has 248 valence electrons. The summed E-state index contributed by atoms with van der Waals surface area (Å²) in [5.41, 5.74) is 14.4. The van der Waals surface area contributed by atoms with E-state index in [1.54, 1.807) is 16.0 Å². The summed E-state index contributed by atoms with van der Waals surface area (Å²) in [6.07, 6.45) is 44.5. The van der Waals surface area contributed by atoms with Crippen molar-refractivity contribution >= 4 is 30.8 Å². The Morgan fingerprint density at radius 1 is 0.820 bits per heavy atom. The van der Waals surface area contributed by atoms with Crippen molar-refractivity contribution in [2.24, 2.45) is 5.92 Å². The van der Waals surface area contributed by atoms with Crippen LogP contribution in [0.15, 0.2) is 155 Å². The molecule has 2 aromatic carbocycles. The lowest BCUT2D eigenvalue weighted by Gasteiger charge is -2.39. The maximum absolute atomic E-state index is 6.73. The minimum Gasteiger partial charge on any atom is -0.484 e. The fourth-order valence-electron chi connectivity index (χ4n) is 9.86. The molecule has 5 unspecified atom stereocenters. The molecule has 50 heavy (non-hydrogen) atoms. The Hall–Kier alpha value is -4.60. The van der Waals surface area contributed by atoms with Crippen molar-refractivity contribution < 1.29 is 4.74 Å². The van der Waals surface area contributed by atoms with E-state index in [-0.39, 0.29) is 12.1 Å². The first-order valence-electron chi connectivity index (χ1n) is 19.0. The molecule has 0 aromatic heterocycles. The van der Waals surface area contributed by atoms with Crippen LogP contribution in [0.2, 0.25) is 6.55 Å². The van der Waals surface area contributed by atoms with Crippen molar-refractivity contribution in [2.75, 3.05) is 4.90 Å². The smallest absolute Gasteiger partial charge is 0.131 e. The summed E-state index contributed by atoms with van der Waals surface area (Å²) in [4.78, 5) is 2.73. The predicted octanol–water partition coefficient (Wildman–Crippen LogP) is 10.4. The van der Waals surface area contributed by atoms with Crippen LogP contribution in [0.5, 0.6) is 5.75 Å². The maximum Gasteiger partial charge on any atom is 0.131 e. The summed E-state index contributed by atoms with van der Waals surface area (Å²) in [6.45, 7) is 2.55. The summed E-state index contributed by atoms with van der Waals surface area (Å²) in [7, 11) is -1.35. The maximum atomic E-state index is 6.73. The Labute approximate surface area is 298 Å². The zero-order valence-corrected chi connectivity index (χ0v) is 30.2. The quantitative estimate of drug-likeness (QED) is 0.232. The van der Waals surface area contributed by atoms with E-state index in [1.165, 1.54) is 63.2 Å². The molecule has 0 bridgehead atoms. The van der Waals surface area contributed by atoms with Crippen LogP contribution < -0.4 is 14.8 Å². The van der Waals surface area contributed by atoms with E-state index >= 15 is 0 Å². The number of fused-ring (bicyclic) bond motifs is 7. The van der Waals surface area contributed by atoms with Crippen LogP contribution in [0.4, 0.5) is 5.69 Å². The Kier molecular flexibility index (Phi) is 7.45. The van der Waals surface area contributed by atoms with Crippen molar-refractivity contribution in [1.82, 2.24) is 0 Å². The molecule has 5 atom stereocenters. The molecule has 0 N–H and O–H groups in total. The first-order valence-corrected chi connectivity index (χ1v) is 21.3. The minimum absolute atomic E-state index is 0.122. The average molecular weight is 668 g/mol. The van der Waals surface area contributed by atoms with Gasteiger partial charge in [-0.15, -0.1) is 0 Å². The molecule has 0 saturated heterocycles. The molecule has 0 radical (unpaired) electrons. The van der Waals surface area contributed by atoms with E-state index in [0.29, 0.717) is 11.8 Å². The molecule has 6 aliphatic carbocycles. The summed E-state index contributed by atoms with van der Waals surface area (Å²) >= 11 is 0. The second-order valence-corrected chi connectivity index (χ2v) is 18.0. The van der Waals surface area contributed by atoms with Crippen LogP contribution in [-0.4, -0.2) is 20.9 Å². The Bertz CT molecular complexity index is 2140. The normalized spacial score (nSPS) is 28.3. The van der Waals surface area contributed by atoms with Gasteiger partial charge in [0.1, 0.15) is 11.9 Å². The van der Waals surface area contributed by atoms with Gasteiger partial charge in [0.2, 0.25) is 0 Å². The van der Waals surface area contributed by atoms with Gasteiger partial charge in [-0.05, 0) is 97.1 Å². The van der Waals surface area contributed by atoms with Gasteiger partial charge in [0.15, 0.2) is 0 Å². The number of anilines is 1. The van der Waals surface area contributed by atoms with Crippen molar-refractivity contribution in [3.8, 4) is 5.75 Å². The number of nitrogens with zero attached hydrogens (tertiary/aromatic N) is 1. The topological polar surface area (TPSA) is 12.5 Å². The summed E-state index contributed by atoms with van der Waals surface area (Å²) < 4.78 is 6.73. The molecule has 0 amide bonds. The van der Waals surface area contributed by atoms with Crippen molar-refractivity contribution in [3.63, 3.8) is 0 Å². The van der Waals surface area contributed by atoms with Crippen LogP contribution in [-0.2, 0) is 0 Å². The molecule has 3 heteroatoms. The molecule has 2 aromatic rings. The fourth-order valence-corrected chi connectivity index (χ4v) is 12.6. The van der Waals surface area contributed by atoms with Gasteiger partial charge in [0.05, 0.1) is 14.8 Å². The highest BCUT2D eigenvalue weighted by atomic mass is 28.3. The lowest BCUT2D eigenvalue weighted by atomic mass is 9.80. The van der Waals surface area contributed by atoms with Gasteiger partial charge < -0.3 is 9.64 Å². The Balaban J connectivity index is 1.02. The van der Waals surface area contributed by atoms with Gasteiger partial charge >= 0.3 is 0 Å². The Morgan fingerprint density at radius 2 is 1.74 bits per heavy atom. The molecule has 10 rings (SSSR count). The molecule has 0 spiro atoms. The van der Waals surface area contributed by atoms with Crippen molar-refractivity contribution in [3.05, 3.63) is 172 Å². The van der Waals surface area contributed by atoms with Crippen LogP contribution in [0.1, 0.15) is 74.0 Å². The number of hydrogen-bond donors (Lipinski definition) is 0. The molecule has 8 aliphatic rings. The molecular formula is C47H45NOSi. The van der Waals surface area contributed by atoms with E-state index in [2.05, 4.69) is 139 Å². The third kappa shape index (κ3) is 4.96.